The van der Waals surface area contributed by atoms with Gasteiger partial charge >= 0.3 is 6.18 Å². The summed E-state index contributed by atoms with van der Waals surface area (Å²) in [5, 5.41) is 2.32. The molecule has 0 amide bonds. The molecule has 1 unspecified atom stereocenters. The zero-order valence-electron chi connectivity index (χ0n) is 9.67. The smallest absolute Gasteiger partial charge is 0.383 e. The van der Waals surface area contributed by atoms with Crippen LogP contribution in [0, 0.1) is 0 Å². The van der Waals surface area contributed by atoms with E-state index in [9.17, 15) is 13.2 Å². The summed E-state index contributed by atoms with van der Waals surface area (Å²) in [6, 6.07) is -0.228. The Kier molecular flexibility index (Phi) is 5.35. The number of aromatic nitrogens is 1. The Bertz CT molecular complexity index is 341. The molecule has 0 aliphatic carbocycles. The van der Waals surface area contributed by atoms with E-state index in [-0.39, 0.29) is 6.04 Å². The Balaban J connectivity index is 2.76. The van der Waals surface area contributed by atoms with Crippen molar-refractivity contribution in [2.75, 3.05) is 20.3 Å². The normalized spacial score (nSPS) is 13.9. The number of nitrogens with one attached hydrogen (secondary N) is 1. The highest BCUT2D eigenvalue weighted by molar-refractivity contribution is 7.11. The second-order valence-electron chi connectivity index (χ2n) is 3.53. The van der Waals surface area contributed by atoms with E-state index < -0.39 is 11.2 Å². The second kappa shape index (κ2) is 6.32. The van der Waals surface area contributed by atoms with E-state index in [0.29, 0.717) is 22.8 Å². The van der Waals surface area contributed by atoms with Crippen molar-refractivity contribution < 1.29 is 17.9 Å². The molecule has 1 aromatic heterocycles. The van der Waals surface area contributed by atoms with Crippen molar-refractivity contribution in [1.82, 2.24) is 10.3 Å². The highest BCUT2D eigenvalue weighted by Gasteiger charge is 2.35. The Morgan fingerprint density at radius 3 is 2.71 bits per heavy atom. The van der Waals surface area contributed by atoms with Crippen LogP contribution in [-0.2, 0) is 10.9 Å². The minimum atomic E-state index is -4.37. The van der Waals surface area contributed by atoms with E-state index in [4.69, 9.17) is 4.74 Å². The van der Waals surface area contributed by atoms with Gasteiger partial charge in [0.25, 0.3) is 0 Å². The van der Waals surface area contributed by atoms with Crippen LogP contribution < -0.4 is 5.32 Å². The first-order valence-corrected chi connectivity index (χ1v) is 6.06. The van der Waals surface area contributed by atoms with Gasteiger partial charge in [-0.05, 0) is 13.0 Å². The van der Waals surface area contributed by atoms with Crippen LogP contribution in [0.15, 0.2) is 6.20 Å². The molecule has 3 nitrogen and oxygen atoms in total. The molecule has 0 saturated heterocycles. The molecular weight excluding hydrogens is 253 g/mol. The molecule has 7 heteroatoms. The molecule has 1 rings (SSSR count). The SMILES string of the molecule is CCCNC(COC)c1cnc(C(F)(F)F)s1. The first kappa shape index (κ1) is 14.4. The molecule has 1 N–H and O–H groups in total. The van der Waals surface area contributed by atoms with Crippen LogP contribution >= 0.6 is 11.3 Å². The zero-order chi connectivity index (χ0) is 12.9. The first-order chi connectivity index (χ1) is 7.99. The van der Waals surface area contributed by atoms with Gasteiger partial charge in [0.05, 0.1) is 12.6 Å². The van der Waals surface area contributed by atoms with E-state index in [0.717, 1.165) is 13.0 Å². The number of halogens is 3. The molecule has 0 radical (unpaired) electrons. The number of hydrogen-bond donors (Lipinski definition) is 1. The molecule has 0 bridgehead atoms. The molecule has 1 heterocycles. The molecule has 17 heavy (non-hydrogen) atoms. The predicted octanol–water partition coefficient (Wildman–Crippen LogP) is 2.85. The average Bonchev–Trinajstić information content (AvgIpc) is 2.72. The lowest BCUT2D eigenvalue weighted by Gasteiger charge is -2.15. The molecule has 0 fully saturated rings. The van der Waals surface area contributed by atoms with E-state index in [1.165, 1.54) is 13.3 Å². The second-order valence-corrected chi connectivity index (χ2v) is 4.59. The van der Waals surface area contributed by atoms with Crippen molar-refractivity contribution in [3.8, 4) is 0 Å². The molecule has 0 saturated carbocycles. The maximum atomic E-state index is 12.4. The number of thiazole rings is 1. The van der Waals surface area contributed by atoms with Gasteiger partial charge in [0.2, 0.25) is 0 Å². The van der Waals surface area contributed by atoms with Crippen LogP contribution in [0.4, 0.5) is 13.2 Å². The Hall–Kier alpha value is -0.660. The fraction of sp³-hybridized carbons (Fsp3) is 0.700. The monoisotopic (exact) mass is 268 g/mol. The van der Waals surface area contributed by atoms with E-state index in [1.807, 2.05) is 6.92 Å². The minimum absolute atomic E-state index is 0.228. The standard InChI is InChI=1S/C10H15F3N2OS/c1-3-4-14-7(6-16-2)8-5-15-9(17-8)10(11,12)13/h5,7,14H,3-4,6H2,1-2H3. The summed E-state index contributed by atoms with van der Waals surface area (Å²) in [6.45, 7) is 3.05. The Morgan fingerprint density at radius 1 is 1.53 bits per heavy atom. The molecule has 0 aromatic carbocycles. The van der Waals surface area contributed by atoms with Crippen LogP contribution in [0.1, 0.15) is 29.3 Å². The summed E-state index contributed by atoms with van der Waals surface area (Å²) in [6.07, 6.45) is -2.20. The Morgan fingerprint density at radius 2 is 2.24 bits per heavy atom. The number of rotatable bonds is 6. The number of ether oxygens (including phenoxy) is 1. The van der Waals surface area contributed by atoms with Gasteiger partial charge in [0, 0.05) is 18.2 Å². The lowest BCUT2D eigenvalue weighted by atomic mass is 10.2. The van der Waals surface area contributed by atoms with E-state index >= 15 is 0 Å². The molecule has 1 atom stereocenters. The molecule has 0 aliphatic heterocycles. The maximum absolute atomic E-state index is 12.4. The van der Waals surface area contributed by atoms with Crippen LogP contribution in [0.2, 0.25) is 0 Å². The highest BCUT2D eigenvalue weighted by atomic mass is 32.1. The first-order valence-electron chi connectivity index (χ1n) is 5.24. The maximum Gasteiger partial charge on any atom is 0.443 e. The number of methoxy groups -OCH3 is 1. The number of hydrogen-bond acceptors (Lipinski definition) is 4. The summed E-state index contributed by atoms with van der Waals surface area (Å²) in [5.74, 6) is 0. The molecule has 98 valence electrons. The largest absolute Gasteiger partial charge is 0.443 e. The van der Waals surface area contributed by atoms with E-state index in [2.05, 4.69) is 10.3 Å². The topological polar surface area (TPSA) is 34.1 Å². The zero-order valence-corrected chi connectivity index (χ0v) is 10.5. The van der Waals surface area contributed by atoms with Crippen molar-refractivity contribution in [2.45, 2.75) is 25.6 Å². The van der Waals surface area contributed by atoms with Crippen molar-refractivity contribution >= 4 is 11.3 Å². The summed E-state index contributed by atoms with van der Waals surface area (Å²) < 4.78 is 42.2. The molecule has 0 spiro atoms. The summed E-state index contributed by atoms with van der Waals surface area (Å²) >= 11 is 0.660. The predicted molar refractivity (Wildman–Crippen MR) is 60.0 cm³/mol. The fourth-order valence-electron chi connectivity index (χ4n) is 1.31. The number of alkyl halides is 3. The third-order valence-corrected chi connectivity index (χ3v) is 3.24. The molecular formula is C10H15F3N2OS. The van der Waals surface area contributed by atoms with Gasteiger partial charge in [-0.3, -0.25) is 0 Å². The van der Waals surface area contributed by atoms with Crippen molar-refractivity contribution in [1.29, 1.82) is 0 Å². The van der Waals surface area contributed by atoms with Crippen molar-refractivity contribution in [3.63, 3.8) is 0 Å². The Labute approximate surface area is 102 Å². The summed E-state index contributed by atoms with van der Waals surface area (Å²) in [4.78, 5) is 3.95. The third-order valence-electron chi connectivity index (χ3n) is 2.08. The van der Waals surface area contributed by atoms with Crippen molar-refractivity contribution in [2.24, 2.45) is 0 Å². The number of nitrogens with zero attached hydrogens (tertiary/aromatic N) is 1. The van der Waals surface area contributed by atoms with Gasteiger partial charge in [0.1, 0.15) is 0 Å². The van der Waals surface area contributed by atoms with E-state index in [1.54, 1.807) is 0 Å². The molecule has 1 aromatic rings. The minimum Gasteiger partial charge on any atom is -0.383 e. The van der Waals surface area contributed by atoms with Gasteiger partial charge in [-0.25, -0.2) is 4.98 Å². The summed E-state index contributed by atoms with van der Waals surface area (Å²) in [5.41, 5.74) is 0. The third kappa shape index (κ3) is 4.25. The van der Waals surface area contributed by atoms with Crippen LogP contribution in [-0.4, -0.2) is 25.2 Å². The van der Waals surface area contributed by atoms with Gasteiger partial charge in [-0.15, -0.1) is 11.3 Å². The lowest BCUT2D eigenvalue weighted by molar-refractivity contribution is -0.137. The average molecular weight is 268 g/mol. The van der Waals surface area contributed by atoms with Gasteiger partial charge in [-0.1, -0.05) is 6.92 Å². The van der Waals surface area contributed by atoms with Crippen LogP contribution in [0.25, 0.3) is 0 Å². The van der Waals surface area contributed by atoms with Gasteiger partial charge < -0.3 is 10.1 Å². The molecule has 0 aliphatic rings. The fourth-order valence-corrected chi connectivity index (χ4v) is 2.15. The van der Waals surface area contributed by atoms with Crippen LogP contribution in [0.5, 0.6) is 0 Å². The van der Waals surface area contributed by atoms with Gasteiger partial charge in [-0.2, -0.15) is 13.2 Å². The van der Waals surface area contributed by atoms with Crippen LogP contribution in [0.3, 0.4) is 0 Å². The lowest BCUT2D eigenvalue weighted by Crippen LogP contribution is -2.25. The highest BCUT2D eigenvalue weighted by Crippen LogP contribution is 2.34. The van der Waals surface area contributed by atoms with Crippen molar-refractivity contribution in [3.05, 3.63) is 16.1 Å². The van der Waals surface area contributed by atoms with Gasteiger partial charge in [0.15, 0.2) is 5.01 Å². The quantitative estimate of drug-likeness (QED) is 0.861. The summed E-state index contributed by atoms with van der Waals surface area (Å²) in [7, 11) is 1.52.